The van der Waals surface area contributed by atoms with Crippen molar-refractivity contribution in [3.8, 4) is 0 Å². The number of aromatic nitrogens is 1. The predicted octanol–water partition coefficient (Wildman–Crippen LogP) is 2.93. The molecule has 1 aromatic heterocycles. The van der Waals surface area contributed by atoms with Crippen molar-refractivity contribution in [2.75, 3.05) is 26.2 Å². The van der Waals surface area contributed by atoms with Gasteiger partial charge in [0.25, 0.3) is 5.91 Å². The fraction of sp³-hybridized carbons (Fsp3) is 0.190. The van der Waals surface area contributed by atoms with Crippen molar-refractivity contribution < 1.29 is 13.2 Å². The van der Waals surface area contributed by atoms with Gasteiger partial charge in [-0.25, -0.2) is 8.42 Å². The highest BCUT2D eigenvalue weighted by molar-refractivity contribution is 7.92. The number of H-pyrrole nitrogens is 1. The Morgan fingerprint density at radius 2 is 1.61 bits per heavy atom. The highest BCUT2D eigenvalue weighted by atomic mass is 32.2. The van der Waals surface area contributed by atoms with Crippen LogP contribution in [0.2, 0.25) is 0 Å². The molecule has 4 rings (SSSR count). The van der Waals surface area contributed by atoms with E-state index < -0.39 is 10.0 Å². The summed E-state index contributed by atoms with van der Waals surface area (Å²) in [6, 6.07) is 18.9. The number of sulfonamides is 1. The molecule has 0 unspecified atom stereocenters. The molecule has 0 bridgehead atoms. The van der Waals surface area contributed by atoms with Gasteiger partial charge < -0.3 is 9.88 Å². The van der Waals surface area contributed by atoms with Crippen LogP contribution in [0.15, 0.2) is 66.1 Å². The summed E-state index contributed by atoms with van der Waals surface area (Å²) in [5.74, 6) is -0.104. The first-order valence-corrected chi connectivity index (χ1v) is 10.6. The van der Waals surface area contributed by atoms with Gasteiger partial charge in [0.1, 0.15) is 5.69 Å². The second-order valence-electron chi connectivity index (χ2n) is 6.72. The molecule has 0 aliphatic carbocycles. The Labute approximate surface area is 164 Å². The van der Waals surface area contributed by atoms with E-state index in [-0.39, 0.29) is 19.0 Å². The molecule has 1 fully saturated rings. The summed E-state index contributed by atoms with van der Waals surface area (Å²) < 4.78 is 26.5. The molecule has 0 radical (unpaired) electrons. The van der Waals surface area contributed by atoms with Crippen molar-refractivity contribution in [2.45, 2.75) is 0 Å². The molecule has 2 aromatic carbocycles. The summed E-state index contributed by atoms with van der Waals surface area (Å²) in [5.41, 5.74) is 2.28. The lowest BCUT2D eigenvalue weighted by molar-refractivity contribution is 0.0693. The van der Waals surface area contributed by atoms with Gasteiger partial charge in [0.05, 0.1) is 0 Å². The zero-order chi connectivity index (χ0) is 19.6. The smallest absolute Gasteiger partial charge is 0.270 e. The standard InChI is InChI=1S/C21H21N3O3S/c25-21(20-16-18-8-4-5-9-19(18)22-20)23-11-13-24(14-12-23)28(26,27)15-10-17-6-2-1-3-7-17/h1-10,15-16,22H,11-14H2/b15-10+. The number of piperazine rings is 1. The number of para-hydroxylation sites is 1. The molecular formula is C21H21N3O3S. The first-order valence-electron chi connectivity index (χ1n) is 9.13. The highest BCUT2D eigenvalue weighted by Gasteiger charge is 2.28. The lowest BCUT2D eigenvalue weighted by Gasteiger charge is -2.33. The van der Waals surface area contributed by atoms with E-state index in [9.17, 15) is 13.2 Å². The third-order valence-corrected chi connectivity index (χ3v) is 6.44. The summed E-state index contributed by atoms with van der Waals surface area (Å²) in [6.45, 7) is 1.31. The van der Waals surface area contributed by atoms with Gasteiger partial charge >= 0.3 is 0 Å². The van der Waals surface area contributed by atoms with Gasteiger partial charge in [-0.15, -0.1) is 0 Å². The molecule has 6 nitrogen and oxygen atoms in total. The van der Waals surface area contributed by atoms with E-state index in [1.807, 2.05) is 60.7 Å². The minimum Gasteiger partial charge on any atom is -0.351 e. The van der Waals surface area contributed by atoms with E-state index >= 15 is 0 Å². The molecule has 1 aliphatic rings. The number of carbonyl (C=O) groups is 1. The number of benzene rings is 2. The van der Waals surface area contributed by atoms with Gasteiger partial charge in [0, 0.05) is 42.5 Å². The molecule has 1 amide bonds. The number of hydrogen-bond donors (Lipinski definition) is 1. The van der Waals surface area contributed by atoms with Crippen LogP contribution in [0.3, 0.4) is 0 Å². The van der Waals surface area contributed by atoms with Crippen molar-refractivity contribution in [1.82, 2.24) is 14.2 Å². The summed E-state index contributed by atoms with van der Waals surface area (Å²) in [6.07, 6.45) is 1.59. The van der Waals surface area contributed by atoms with Crippen molar-refractivity contribution in [3.05, 3.63) is 77.3 Å². The Morgan fingerprint density at radius 3 is 2.32 bits per heavy atom. The SMILES string of the molecule is O=C(c1cc2ccccc2[nH]1)N1CCN(S(=O)(=O)/C=C/c2ccccc2)CC1. The molecule has 0 saturated carbocycles. The maximum Gasteiger partial charge on any atom is 0.270 e. The maximum atomic E-state index is 12.7. The molecule has 1 N–H and O–H groups in total. The average Bonchev–Trinajstić information content (AvgIpc) is 3.17. The number of hydrogen-bond acceptors (Lipinski definition) is 3. The summed E-state index contributed by atoms with van der Waals surface area (Å²) in [7, 11) is -3.51. The van der Waals surface area contributed by atoms with Crippen molar-refractivity contribution >= 4 is 32.9 Å². The number of carbonyl (C=O) groups excluding carboxylic acids is 1. The third kappa shape index (κ3) is 3.85. The van der Waals surface area contributed by atoms with Crippen LogP contribution in [0.4, 0.5) is 0 Å². The zero-order valence-corrected chi connectivity index (χ0v) is 16.1. The Morgan fingerprint density at radius 1 is 0.929 bits per heavy atom. The Bertz CT molecular complexity index is 1080. The summed E-state index contributed by atoms with van der Waals surface area (Å²) in [4.78, 5) is 17.6. The average molecular weight is 395 g/mol. The number of fused-ring (bicyclic) bond motifs is 1. The van der Waals surface area contributed by atoms with Crippen LogP contribution >= 0.6 is 0 Å². The predicted molar refractivity (Wildman–Crippen MR) is 110 cm³/mol. The Kier molecular flexibility index (Phi) is 5.02. The molecule has 28 heavy (non-hydrogen) atoms. The van der Waals surface area contributed by atoms with Crippen LogP contribution in [0.1, 0.15) is 16.1 Å². The monoisotopic (exact) mass is 395 g/mol. The number of aromatic amines is 1. The number of rotatable bonds is 4. The van der Waals surface area contributed by atoms with E-state index in [0.717, 1.165) is 16.5 Å². The molecule has 1 saturated heterocycles. The summed E-state index contributed by atoms with van der Waals surface area (Å²) >= 11 is 0. The normalized spacial score (nSPS) is 16.1. The number of amides is 1. The Hall–Kier alpha value is -2.90. The van der Waals surface area contributed by atoms with Gasteiger partial charge in [0.15, 0.2) is 0 Å². The number of nitrogens with one attached hydrogen (secondary N) is 1. The molecule has 1 aliphatic heterocycles. The van der Waals surface area contributed by atoms with E-state index in [1.165, 1.54) is 9.71 Å². The van der Waals surface area contributed by atoms with Crippen LogP contribution < -0.4 is 0 Å². The van der Waals surface area contributed by atoms with Crippen LogP contribution in [0, 0.1) is 0 Å². The maximum absolute atomic E-state index is 12.7. The molecule has 3 aromatic rings. The first-order chi connectivity index (χ1) is 13.5. The minimum atomic E-state index is -3.51. The van der Waals surface area contributed by atoms with E-state index in [1.54, 1.807) is 11.0 Å². The van der Waals surface area contributed by atoms with Gasteiger partial charge in [-0.3, -0.25) is 4.79 Å². The van der Waals surface area contributed by atoms with Crippen LogP contribution in [-0.4, -0.2) is 54.7 Å². The van der Waals surface area contributed by atoms with E-state index in [4.69, 9.17) is 0 Å². The van der Waals surface area contributed by atoms with Crippen LogP contribution in [-0.2, 0) is 10.0 Å². The topological polar surface area (TPSA) is 73.5 Å². The zero-order valence-electron chi connectivity index (χ0n) is 15.3. The quantitative estimate of drug-likeness (QED) is 0.738. The highest BCUT2D eigenvalue weighted by Crippen LogP contribution is 2.18. The third-order valence-electron chi connectivity index (χ3n) is 4.88. The molecule has 144 valence electrons. The second-order valence-corrected chi connectivity index (χ2v) is 8.54. The molecule has 7 heteroatoms. The van der Waals surface area contributed by atoms with Crippen molar-refractivity contribution in [3.63, 3.8) is 0 Å². The van der Waals surface area contributed by atoms with E-state index in [0.29, 0.717) is 18.8 Å². The largest absolute Gasteiger partial charge is 0.351 e. The van der Waals surface area contributed by atoms with Crippen molar-refractivity contribution in [2.24, 2.45) is 0 Å². The molecule has 0 spiro atoms. The van der Waals surface area contributed by atoms with E-state index in [2.05, 4.69) is 4.98 Å². The minimum absolute atomic E-state index is 0.104. The number of nitrogens with zero attached hydrogens (tertiary/aromatic N) is 2. The fourth-order valence-corrected chi connectivity index (χ4v) is 4.49. The molecular weight excluding hydrogens is 374 g/mol. The molecule has 2 heterocycles. The summed E-state index contributed by atoms with van der Waals surface area (Å²) in [5, 5.41) is 2.22. The fourth-order valence-electron chi connectivity index (χ4n) is 3.32. The first kappa shape index (κ1) is 18.5. The Balaban J connectivity index is 1.41. The second kappa shape index (κ2) is 7.61. The van der Waals surface area contributed by atoms with Gasteiger partial charge in [0.2, 0.25) is 10.0 Å². The lowest BCUT2D eigenvalue weighted by Crippen LogP contribution is -2.50. The van der Waals surface area contributed by atoms with Gasteiger partial charge in [-0.2, -0.15) is 4.31 Å². The van der Waals surface area contributed by atoms with Crippen molar-refractivity contribution in [1.29, 1.82) is 0 Å². The molecule has 0 atom stereocenters. The van der Waals surface area contributed by atoms with Crippen LogP contribution in [0.25, 0.3) is 17.0 Å². The lowest BCUT2D eigenvalue weighted by atomic mass is 10.2. The van der Waals surface area contributed by atoms with Gasteiger partial charge in [-0.1, -0.05) is 48.5 Å². The van der Waals surface area contributed by atoms with Crippen LogP contribution in [0.5, 0.6) is 0 Å². The van der Waals surface area contributed by atoms with Gasteiger partial charge in [-0.05, 0) is 23.8 Å².